The number of phenols is 1. The molecule has 1 aliphatic carbocycles. The van der Waals surface area contributed by atoms with Gasteiger partial charge in [-0.1, -0.05) is 25.8 Å². The number of hydrogen-bond acceptors (Lipinski definition) is 8. The van der Waals surface area contributed by atoms with E-state index >= 15 is 0 Å². The summed E-state index contributed by atoms with van der Waals surface area (Å²) >= 11 is 0. The van der Waals surface area contributed by atoms with E-state index in [0.29, 0.717) is 37.3 Å². The van der Waals surface area contributed by atoms with Crippen LogP contribution in [0.25, 0.3) is 0 Å². The number of nitrogen functional groups attached to an aromatic ring is 1. The quantitative estimate of drug-likeness (QED) is 0.207. The fourth-order valence-electron chi connectivity index (χ4n) is 5.27. The van der Waals surface area contributed by atoms with Crippen molar-refractivity contribution in [2.24, 2.45) is 0 Å². The number of phenolic OH excluding ortho intramolecular Hbond substituents is 1. The normalized spacial score (nSPS) is 15.1. The van der Waals surface area contributed by atoms with Crippen molar-refractivity contribution in [3.63, 3.8) is 0 Å². The zero-order valence-corrected chi connectivity index (χ0v) is 23.6. The van der Waals surface area contributed by atoms with Gasteiger partial charge in [0.15, 0.2) is 11.5 Å². The number of esters is 2. The summed E-state index contributed by atoms with van der Waals surface area (Å²) in [5, 5.41) is 11.1. The van der Waals surface area contributed by atoms with Crippen molar-refractivity contribution in [2.75, 3.05) is 5.73 Å². The van der Waals surface area contributed by atoms with E-state index in [-0.39, 0.29) is 29.9 Å². The number of unbranched alkanes of at least 4 members (excludes halogenated alkanes) is 2. The molecular weight excluding hydrogens is 496 g/mol. The van der Waals surface area contributed by atoms with E-state index in [1.165, 1.54) is 13.8 Å². The topological polar surface area (TPSA) is 121 Å². The molecule has 1 aliphatic rings. The molecule has 0 radical (unpaired) electrons. The van der Waals surface area contributed by atoms with Crippen LogP contribution in [0.2, 0.25) is 0 Å². The molecule has 0 saturated heterocycles. The minimum absolute atomic E-state index is 0.0944. The summed E-state index contributed by atoms with van der Waals surface area (Å²) in [6.45, 7) is 4.94. The third kappa shape index (κ3) is 10.4. The zero-order valence-electron chi connectivity index (χ0n) is 23.6. The van der Waals surface area contributed by atoms with Crippen LogP contribution in [0.15, 0.2) is 30.5 Å². The Balaban J connectivity index is 1.80. The lowest BCUT2D eigenvalue weighted by Gasteiger charge is -2.24. The molecule has 8 nitrogen and oxygen atoms in total. The van der Waals surface area contributed by atoms with E-state index in [9.17, 15) is 14.7 Å². The van der Waals surface area contributed by atoms with Crippen molar-refractivity contribution in [1.29, 1.82) is 0 Å². The smallest absolute Gasteiger partial charge is 0.302 e. The van der Waals surface area contributed by atoms with Crippen molar-refractivity contribution in [1.82, 2.24) is 4.98 Å². The van der Waals surface area contributed by atoms with E-state index in [1.54, 1.807) is 12.3 Å². The second-order valence-electron chi connectivity index (χ2n) is 10.6. The van der Waals surface area contributed by atoms with Gasteiger partial charge < -0.3 is 25.1 Å². The lowest BCUT2D eigenvalue weighted by Crippen LogP contribution is -2.27. The van der Waals surface area contributed by atoms with Crippen molar-refractivity contribution < 1.29 is 28.9 Å². The van der Waals surface area contributed by atoms with Gasteiger partial charge in [0, 0.05) is 38.4 Å². The Bertz CT molecular complexity index is 1080. The zero-order chi connectivity index (χ0) is 28.2. The van der Waals surface area contributed by atoms with Crippen LogP contribution in [0.3, 0.4) is 0 Å². The first kappa shape index (κ1) is 30.3. The third-order valence-electron chi connectivity index (χ3n) is 7.13. The van der Waals surface area contributed by atoms with Crippen LogP contribution in [0.4, 0.5) is 5.82 Å². The first-order valence-electron chi connectivity index (χ1n) is 14.3. The Morgan fingerprint density at radius 3 is 2.36 bits per heavy atom. The third-order valence-corrected chi connectivity index (χ3v) is 7.13. The lowest BCUT2D eigenvalue weighted by atomic mass is 9.96. The van der Waals surface area contributed by atoms with Crippen molar-refractivity contribution in [3.8, 4) is 11.5 Å². The molecule has 214 valence electrons. The van der Waals surface area contributed by atoms with Gasteiger partial charge in [-0.3, -0.25) is 9.59 Å². The molecule has 1 aromatic carbocycles. The highest BCUT2D eigenvalue weighted by Crippen LogP contribution is 2.37. The number of aromatic nitrogens is 1. The number of carbonyl (C=O) groups is 2. The van der Waals surface area contributed by atoms with Gasteiger partial charge in [0.25, 0.3) is 0 Å². The summed E-state index contributed by atoms with van der Waals surface area (Å²) in [5.74, 6) is 0.367. The number of rotatable bonds is 15. The van der Waals surface area contributed by atoms with Gasteiger partial charge in [0.2, 0.25) is 0 Å². The molecule has 1 heterocycles. The number of benzene rings is 1. The van der Waals surface area contributed by atoms with Crippen LogP contribution >= 0.6 is 0 Å². The van der Waals surface area contributed by atoms with E-state index < -0.39 is 6.10 Å². The molecule has 1 fully saturated rings. The molecule has 0 spiro atoms. The largest absolute Gasteiger partial charge is 0.504 e. The molecule has 2 unspecified atom stereocenters. The first-order chi connectivity index (χ1) is 18.7. The highest BCUT2D eigenvalue weighted by Gasteiger charge is 2.23. The molecule has 0 amide bonds. The Kier molecular flexibility index (Phi) is 11.9. The van der Waals surface area contributed by atoms with Crippen LogP contribution in [0.5, 0.6) is 11.5 Å². The predicted octanol–water partition coefficient (Wildman–Crippen LogP) is 6.05. The molecule has 39 heavy (non-hydrogen) atoms. The number of ether oxygens (including phenoxy) is 3. The number of carbonyl (C=O) groups excluding carboxylic acids is 2. The fraction of sp³-hybridized carbons (Fsp3) is 0.581. The van der Waals surface area contributed by atoms with E-state index in [4.69, 9.17) is 19.9 Å². The van der Waals surface area contributed by atoms with Crippen LogP contribution in [-0.2, 0) is 31.9 Å². The van der Waals surface area contributed by atoms with Gasteiger partial charge in [0.05, 0.1) is 6.10 Å². The van der Waals surface area contributed by atoms with Crippen molar-refractivity contribution in [3.05, 3.63) is 47.2 Å². The number of nitrogens with two attached hydrogens (primary N) is 1. The molecule has 3 rings (SSSR count). The van der Waals surface area contributed by atoms with Gasteiger partial charge in [-0.2, -0.15) is 0 Å². The van der Waals surface area contributed by atoms with Gasteiger partial charge >= 0.3 is 11.9 Å². The molecule has 2 atom stereocenters. The molecule has 8 heteroatoms. The summed E-state index contributed by atoms with van der Waals surface area (Å²) in [6.07, 6.45) is 11.2. The highest BCUT2D eigenvalue weighted by molar-refractivity contribution is 5.66. The van der Waals surface area contributed by atoms with Gasteiger partial charge in [-0.15, -0.1) is 0 Å². The van der Waals surface area contributed by atoms with Gasteiger partial charge in [-0.05, 0) is 80.7 Å². The molecule has 0 aliphatic heterocycles. The maximum Gasteiger partial charge on any atom is 0.302 e. The summed E-state index contributed by atoms with van der Waals surface area (Å²) in [4.78, 5) is 27.7. The Morgan fingerprint density at radius 1 is 1.03 bits per heavy atom. The summed E-state index contributed by atoms with van der Waals surface area (Å²) in [7, 11) is 0. The highest BCUT2D eigenvalue weighted by atomic mass is 16.6. The van der Waals surface area contributed by atoms with E-state index in [1.807, 2.05) is 18.2 Å². The number of aryl methyl sites for hydroxylation is 1. The molecule has 0 bridgehead atoms. The monoisotopic (exact) mass is 540 g/mol. The van der Waals surface area contributed by atoms with E-state index in [2.05, 4.69) is 11.9 Å². The lowest BCUT2D eigenvalue weighted by molar-refractivity contribution is -0.153. The van der Waals surface area contributed by atoms with Crippen molar-refractivity contribution >= 4 is 17.8 Å². The standard InChI is InChI=1S/C31H44N2O6/c1-4-5-6-11-27(37-21(2)34)20-28(38-22(3)35)13-12-23-16-25(17-24-14-15-33-30(32)19-24)31(36)29(18-23)39-26-9-7-8-10-26/h14-16,18-19,26-28,36H,4-13,17,20H2,1-3H3,(H2,32,33). The number of hydrogen-bond donors (Lipinski definition) is 2. The Hall–Kier alpha value is -3.29. The van der Waals surface area contributed by atoms with Crippen molar-refractivity contribution in [2.45, 2.75) is 116 Å². The van der Waals surface area contributed by atoms with Crippen LogP contribution in [0.1, 0.15) is 102 Å². The second kappa shape index (κ2) is 15.3. The van der Waals surface area contributed by atoms with Crippen LogP contribution in [-0.4, -0.2) is 40.3 Å². The summed E-state index contributed by atoms with van der Waals surface area (Å²) in [6, 6.07) is 7.55. The minimum atomic E-state index is -0.398. The SMILES string of the molecule is CCCCCC(CC(CCc1cc(Cc2ccnc(N)c2)c(O)c(OC2CCCC2)c1)OC(C)=O)OC(C)=O. The maximum absolute atomic E-state index is 11.9. The predicted molar refractivity (Wildman–Crippen MR) is 151 cm³/mol. The number of aromatic hydroxyl groups is 1. The number of pyridine rings is 1. The second-order valence-corrected chi connectivity index (χ2v) is 10.6. The molecular formula is C31H44N2O6. The Morgan fingerprint density at radius 2 is 1.72 bits per heavy atom. The number of nitrogens with zero attached hydrogens (tertiary/aromatic N) is 1. The van der Waals surface area contributed by atoms with Gasteiger partial charge in [-0.25, -0.2) is 4.98 Å². The van der Waals surface area contributed by atoms with Crippen LogP contribution in [0, 0.1) is 0 Å². The minimum Gasteiger partial charge on any atom is -0.504 e. The fourth-order valence-corrected chi connectivity index (χ4v) is 5.27. The maximum atomic E-state index is 11.9. The van der Waals surface area contributed by atoms with Crippen LogP contribution < -0.4 is 10.5 Å². The molecule has 1 saturated carbocycles. The molecule has 3 N–H and O–H groups in total. The molecule has 1 aromatic heterocycles. The Labute approximate surface area is 232 Å². The average molecular weight is 541 g/mol. The molecule has 2 aromatic rings. The first-order valence-corrected chi connectivity index (χ1v) is 14.3. The summed E-state index contributed by atoms with van der Waals surface area (Å²) in [5.41, 5.74) is 8.54. The number of anilines is 1. The van der Waals surface area contributed by atoms with E-state index in [0.717, 1.165) is 68.1 Å². The summed E-state index contributed by atoms with van der Waals surface area (Å²) < 4.78 is 17.5. The average Bonchev–Trinajstić information content (AvgIpc) is 3.38. The van der Waals surface area contributed by atoms with Gasteiger partial charge in [0.1, 0.15) is 18.0 Å².